The average Bonchev–Trinajstić information content (AvgIpc) is 2.74. The molecular weight excluding hydrogens is 228 g/mol. The summed E-state index contributed by atoms with van der Waals surface area (Å²) in [5.74, 6) is -0.754. The quantitative estimate of drug-likeness (QED) is 0.793. The van der Waals surface area contributed by atoms with Crippen LogP contribution in [0.3, 0.4) is 0 Å². The topological polar surface area (TPSA) is 49.9 Å². The summed E-state index contributed by atoms with van der Waals surface area (Å²) < 4.78 is 32.0. The molecule has 2 heterocycles. The molecule has 2 N–H and O–H groups in total. The number of rotatable bonds is 1. The van der Waals surface area contributed by atoms with Crippen LogP contribution in [0.4, 0.5) is 8.78 Å². The number of hydrogen-bond donors (Lipinski definition) is 2. The molecular formula is C11H11F2N3O. The highest BCUT2D eigenvalue weighted by Crippen LogP contribution is 2.22. The largest absolute Gasteiger partial charge is 0.368 e. The first-order chi connectivity index (χ1) is 8.24. The molecule has 1 saturated heterocycles. The van der Waals surface area contributed by atoms with Gasteiger partial charge in [-0.25, -0.2) is 13.8 Å². The molecule has 2 aromatic rings. The molecule has 17 heavy (non-hydrogen) atoms. The molecule has 6 heteroatoms. The first kappa shape index (κ1) is 10.6. The van der Waals surface area contributed by atoms with E-state index in [1.807, 2.05) is 0 Å². The van der Waals surface area contributed by atoms with Crippen LogP contribution in [0.15, 0.2) is 12.1 Å². The Balaban J connectivity index is 2.03. The molecule has 1 aliphatic heterocycles. The Kier molecular flexibility index (Phi) is 2.53. The summed E-state index contributed by atoms with van der Waals surface area (Å²) in [7, 11) is 0. The second-order valence-electron chi connectivity index (χ2n) is 3.97. The number of morpholine rings is 1. The second-order valence-corrected chi connectivity index (χ2v) is 3.97. The Morgan fingerprint density at radius 3 is 3.00 bits per heavy atom. The third-order valence-corrected chi connectivity index (χ3v) is 2.76. The van der Waals surface area contributed by atoms with E-state index in [-0.39, 0.29) is 11.6 Å². The molecule has 3 rings (SSSR count). The Morgan fingerprint density at radius 2 is 2.24 bits per heavy atom. The average molecular weight is 239 g/mol. The van der Waals surface area contributed by atoms with Gasteiger partial charge in [-0.2, -0.15) is 0 Å². The van der Waals surface area contributed by atoms with Gasteiger partial charge in [-0.1, -0.05) is 0 Å². The summed E-state index contributed by atoms with van der Waals surface area (Å²) in [4.78, 5) is 7.01. The van der Waals surface area contributed by atoms with Gasteiger partial charge >= 0.3 is 0 Å². The van der Waals surface area contributed by atoms with Crippen LogP contribution >= 0.6 is 0 Å². The van der Waals surface area contributed by atoms with Gasteiger partial charge in [-0.15, -0.1) is 0 Å². The minimum Gasteiger partial charge on any atom is -0.368 e. The van der Waals surface area contributed by atoms with Gasteiger partial charge in [-0.3, -0.25) is 0 Å². The maximum atomic E-state index is 13.4. The minimum absolute atomic E-state index is 0.149. The maximum Gasteiger partial charge on any atom is 0.153 e. The summed E-state index contributed by atoms with van der Waals surface area (Å²) in [6, 6.07) is 2.05. The minimum atomic E-state index is -0.661. The number of ether oxygens (including phenoxy) is 1. The molecule has 1 unspecified atom stereocenters. The van der Waals surface area contributed by atoms with E-state index in [4.69, 9.17) is 4.74 Å². The fourth-order valence-electron chi connectivity index (χ4n) is 1.95. The van der Waals surface area contributed by atoms with Crippen molar-refractivity contribution in [3.05, 3.63) is 29.6 Å². The molecule has 0 spiro atoms. The van der Waals surface area contributed by atoms with Crippen LogP contribution in [-0.2, 0) is 4.74 Å². The van der Waals surface area contributed by atoms with Gasteiger partial charge in [0.25, 0.3) is 0 Å². The number of hydrogen-bond acceptors (Lipinski definition) is 3. The lowest BCUT2D eigenvalue weighted by Crippen LogP contribution is -2.33. The Morgan fingerprint density at radius 1 is 1.35 bits per heavy atom. The van der Waals surface area contributed by atoms with E-state index in [9.17, 15) is 8.78 Å². The zero-order valence-electron chi connectivity index (χ0n) is 8.96. The third kappa shape index (κ3) is 1.89. The van der Waals surface area contributed by atoms with Crippen molar-refractivity contribution in [2.75, 3.05) is 19.7 Å². The molecule has 0 aliphatic carbocycles. The number of nitrogens with zero attached hydrogens (tertiary/aromatic N) is 1. The number of nitrogens with one attached hydrogen (secondary N) is 2. The number of aromatic nitrogens is 2. The Hall–Kier alpha value is -1.53. The first-order valence-corrected chi connectivity index (χ1v) is 5.41. The van der Waals surface area contributed by atoms with Crippen LogP contribution in [0, 0.1) is 11.6 Å². The highest BCUT2D eigenvalue weighted by atomic mass is 19.1. The van der Waals surface area contributed by atoms with Crippen molar-refractivity contribution in [3.8, 4) is 0 Å². The van der Waals surface area contributed by atoms with Crippen molar-refractivity contribution in [1.82, 2.24) is 15.3 Å². The fourth-order valence-corrected chi connectivity index (χ4v) is 1.95. The first-order valence-electron chi connectivity index (χ1n) is 5.41. The molecule has 0 amide bonds. The summed E-state index contributed by atoms with van der Waals surface area (Å²) >= 11 is 0. The molecule has 1 fully saturated rings. The molecule has 1 atom stereocenters. The van der Waals surface area contributed by atoms with Crippen molar-refractivity contribution < 1.29 is 13.5 Å². The van der Waals surface area contributed by atoms with Gasteiger partial charge in [0, 0.05) is 19.2 Å². The van der Waals surface area contributed by atoms with Crippen molar-refractivity contribution in [2.24, 2.45) is 0 Å². The third-order valence-electron chi connectivity index (χ3n) is 2.76. The lowest BCUT2D eigenvalue weighted by Gasteiger charge is -2.21. The molecule has 90 valence electrons. The Labute approximate surface area is 96.0 Å². The zero-order valence-corrected chi connectivity index (χ0v) is 8.96. The highest BCUT2D eigenvalue weighted by Gasteiger charge is 2.20. The van der Waals surface area contributed by atoms with Crippen LogP contribution in [0.25, 0.3) is 11.0 Å². The monoisotopic (exact) mass is 239 g/mol. The molecule has 4 nitrogen and oxygen atoms in total. The van der Waals surface area contributed by atoms with Crippen molar-refractivity contribution >= 4 is 11.0 Å². The summed E-state index contributed by atoms with van der Waals surface area (Å²) in [5.41, 5.74) is 0.502. The summed E-state index contributed by atoms with van der Waals surface area (Å²) in [6.07, 6.45) is -0.237. The molecule has 1 aromatic carbocycles. The number of benzene rings is 1. The lowest BCUT2D eigenvalue weighted by molar-refractivity contribution is 0.0228. The predicted octanol–water partition coefficient (Wildman–Crippen LogP) is 1.50. The molecule has 0 bridgehead atoms. The number of fused-ring (bicyclic) bond motifs is 1. The smallest absolute Gasteiger partial charge is 0.153 e. The van der Waals surface area contributed by atoms with Gasteiger partial charge in [0.2, 0.25) is 0 Å². The van der Waals surface area contributed by atoms with Gasteiger partial charge in [-0.05, 0) is 6.07 Å². The van der Waals surface area contributed by atoms with Crippen molar-refractivity contribution in [3.63, 3.8) is 0 Å². The van der Waals surface area contributed by atoms with Gasteiger partial charge in [0.15, 0.2) is 5.82 Å². The standard InChI is InChI=1S/C11H11F2N3O/c12-6-3-7(13)10-8(4-6)15-11(16-10)9-5-14-1-2-17-9/h3-4,9,14H,1-2,5H2,(H,15,16). The van der Waals surface area contributed by atoms with E-state index in [1.54, 1.807) is 0 Å². The van der Waals surface area contributed by atoms with E-state index in [0.29, 0.717) is 24.5 Å². The lowest BCUT2D eigenvalue weighted by atomic mass is 10.3. The number of halogens is 2. The molecule has 1 aliphatic rings. The number of H-pyrrole nitrogens is 1. The van der Waals surface area contributed by atoms with Gasteiger partial charge in [0.05, 0.1) is 12.1 Å². The molecule has 1 aromatic heterocycles. The number of aromatic amines is 1. The predicted molar refractivity (Wildman–Crippen MR) is 57.6 cm³/mol. The van der Waals surface area contributed by atoms with E-state index >= 15 is 0 Å². The van der Waals surface area contributed by atoms with Crippen molar-refractivity contribution in [1.29, 1.82) is 0 Å². The van der Waals surface area contributed by atoms with E-state index < -0.39 is 11.6 Å². The van der Waals surface area contributed by atoms with Crippen LogP contribution in [-0.4, -0.2) is 29.7 Å². The number of imidazole rings is 1. The summed E-state index contributed by atoms with van der Waals surface area (Å²) in [5, 5.41) is 3.15. The van der Waals surface area contributed by atoms with Crippen LogP contribution in [0.5, 0.6) is 0 Å². The van der Waals surface area contributed by atoms with Crippen LogP contribution < -0.4 is 5.32 Å². The fraction of sp³-hybridized carbons (Fsp3) is 0.364. The van der Waals surface area contributed by atoms with Crippen molar-refractivity contribution in [2.45, 2.75) is 6.10 Å². The normalized spacial score (nSPS) is 20.9. The maximum absolute atomic E-state index is 13.4. The molecule has 0 radical (unpaired) electrons. The van der Waals surface area contributed by atoms with Gasteiger partial charge < -0.3 is 15.0 Å². The van der Waals surface area contributed by atoms with E-state index in [0.717, 1.165) is 12.6 Å². The van der Waals surface area contributed by atoms with E-state index in [1.165, 1.54) is 6.07 Å². The summed E-state index contributed by atoms with van der Waals surface area (Å²) in [6.45, 7) is 1.99. The van der Waals surface area contributed by atoms with E-state index in [2.05, 4.69) is 15.3 Å². The van der Waals surface area contributed by atoms with Crippen LogP contribution in [0.1, 0.15) is 11.9 Å². The molecule has 0 saturated carbocycles. The Bertz CT molecular complexity index is 549. The van der Waals surface area contributed by atoms with Gasteiger partial charge in [0.1, 0.15) is 23.3 Å². The SMILES string of the molecule is Fc1cc(F)c2nc(C3CNCCO3)[nH]c2c1. The zero-order chi connectivity index (χ0) is 11.8. The van der Waals surface area contributed by atoms with Crippen LogP contribution in [0.2, 0.25) is 0 Å². The highest BCUT2D eigenvalue weighted by molar-refractivity contribution is 5.75. The second kappa shape index (κ2) is 4.05.